The third-order valence-corrected chi connectivity index (χ3v) is 5.65. The highest BCUT2D eigenvalue weighted by atomic mass is 127. The molecule has 8 heteroatoms. The number of nitrogens with one attached hydrogen (secondary N) is 1. The standard InChI is InChI=1S/C10H5ClI3NO3/c11-1-6(18)15-10-8(13)4(2-16)7(12)5(3-17)9(10)14/h2-3H,1H2,(H,15,18). The van der Waals surface area contributed by atoms with Gasteiger partial charge in [-0.05, 0) is 67.8 Å². The van der Waals surface area contributed by atoms with Crippen LogP contribution in [0.3, 0.4) is 0 Å². The van der Waals surface area contributed by atoms with Gasteiger partial charge in [0.2, 0.25) is 5.91 Å². The van der Waals surface area contributed by atoms with Crippen LogP contribution in [-0.4, -0.2) is 24.4 Å². The number of benzene rings is 1. The summed E-state index contributed by atoms with van der Waals surface area (Å²) < 4.78 is 1.77. The molecule has 0 saturated carbocycles. The maximum atomic E-state index is 11.3. The maximum Gasteiger partial charge on any atom is 0.239 e. The van der Waals surface area contributed by atoms with Crippen LogP contribution in [0.4, 0.5) is 5.69 Å². The highest BCUT2D eigenvalue weighted by Crippen LogP contribution is 2.34. The van der Waals surface area contributed by atoms with Crippen LogP contribution in [0.5, 0.6) is 0 Å². The average molecular weight is 603 g/mol. The van der Waals surface area contributed by atoms with E-state index in [0.717, 1.165) is 0 Å². The van der Waals surface area contributed by atoms with E-state index >= 15 is 0 Å². The lowest BCUT2D eigenvalue weighted by Crippen LogP contribution is -2.17. The lowest BCUT2D eigenvalue weighted by Gasteiger charge is -2.14. The molecule has 0 aliphatic carbocycles. The zero-order valence-electron chi connectivity index (χ0n) is 8.60. The molecule has 4 nitrogen and oxygen atoms in total. The first-order valence-corrected chi connectivity index (χ1v) is 8.21. The van der Waals surface area contributed by atoms with Crippen molar-refractivity contribution in [2.24, 2.45) is 0 Å². The fraction of sp³-hybridized carbons (Fsp3) is 0.100. The highest BCUT2D eigenvalue weighted by molar-refractivity contribution is 14.1. The van der Waals surface area contributed by atoms with E-state index in [1.54, 1.807) is 0 Å². The van der Waals surface area contributed by atoms with Crippen molar-refractivity contribution in [1.82, 2.24) is 0 Å². The van der Waals surface area contributed by atoms with Crippen LogP contribution >= 0.6 is 79.4 Å². The van der Waals surface area contributed by atoms with Crippen LogP contribution in [0.2, 0.25) is 0 Å². The molecule has 0 radical (unpaired) electrons. The predicted octanol–water partition coefficient (Wildman–Crippen LogP) is 3.30. The third-order valence-electron chi connectivity index (χ3n) is 2.01. The number of halogens is 4. The van der Waals surface area contributed by atoms with E-state index < -0.39 is 0 Å². The molecule has 0 unspecified atom stereocenters. The van der Waals surface area contributed by atoms with Crippen molar-refractivity contribution in [1.29, 1.82) is 0 Å². The van der Waals surface area contributed by atoms with Gasteiger partial charge in [-0.1, -0.05) is 0 Å². The van der Waals surface area contributed by atoms with Crippen molar-refractivity contribution < 1.29 is 14.4 Å². The fourth-order valence-electron chi connectivity index (χ4n) is 1.19. The van der Waals surface area contributed by atoms with Gasteiger partial charge < -0.3 is 5.32 Å². The minimum atomic E-state index is -0.387. The zero-order valence-corrected chi connectivity index (χ0v) is 15.8. The first-order valence-electron chi connectivity index (χ1n) is 4.44. The lowest BCUT2D eigenvalue weighted by molar-refractivity contribution is -0.113. The minimum absolute atomic E-state index is 0.189. The van der Waals surface area contributed by atoms with Crippen molar-refractivity contribution in [3.05, 3.63) is 21.8 Å². The molecule has 1 aromatic rings. The molecule has 0 aromatic heterocycles. The Morgan fingerprint density at radius 1 is 1.06 bits per heavy atom. The SMILES string of the molecule is O=Cc1c(I)c(C=O)c(I)c(NC(=O)CCl)c1I. The van der Waals surface area contributed by atoms with E-state index in [1.807, 2.05) is 67.8 Å². The van der Waals surface area contributed by atoms with E-state index in [-0.39, 0.29) is 11.8 Å². The second-order valence-corrected chi connectivity index (χ2v) is 6.57. The van der Waals surface area contributed by atoms with Gasteiger partial charge in [-0.2, -0.15) is 0 Å². The maximum absolute atomic E-state index is 11.3. The molecular weight excluding hydrogens is 598 g/mol. The normalized spacial score (nSPS) is 10.0. The largest absolute Gasteiger partial charge is 0.323 e. The van der Waals surface area contributed by atoms with Gasteiger partial charge in [-0.15, -0.1) is 11.6 Å². The van der Waals surface area contributed by atoms with Crippen molar-refractivity contribution in [2.75, 3.05) is 11.2 Å². The van der Waals surface area contributed by atoms with Crippen LogP contribution in [-0.2, 0) is 4.79 Å². The number of anilines is 1. The van der Waals surface area contributed by atoms with Crippen LogP contribution in [0.1, 0.15) is 20.7 Å². The van der Waals surface area contributed by atoms with E-state index in [9.17, 15) is 14.4 Å². The molecule has 96 valence electrons. The number of amides is 1. The molecule has 0 fully saturated rings. The fourth-order valence-corrected chi connectivity index (χ4v) is 5.20. The summed E-state index contributed by atoms with van der Waals surface area (Å²) in [4.78, 5) is 33.5. The Bertz CT molecular complexity index is 499. The second-order valence-electron chi connectivity index (χ2n) is 3.06. The van der Waals surface area contributed by atoms with Gasteiger partial charge >= 0.3 is 0 Å². The molecule has 18 heavy (non-hydrogen) atoms. The Balaban J connectivity index is 3.55. The average Bonchev–Trinajstić information content (AvgIpc) is 2.35. The molecule has 0 heterocycles. The van der Waals surface area contributed by atoms with Gasteiger partial charge in [0, 0.05) is 21.8 Å². The summed E-state index contributed by atoms with van der Waals surface area (Å²) >= 11 is 11.3. The summed E-state index contributed by atoms with van der Waals surface area (Å²) in [7, 11) is 0. The Labute approximate surface area is 149 Å². The Hall–Kier alpha value is 0.510. The summed E-state index contributed by atoms with van der Waals surface area (Å²) in [6.45, 7) is 0. The zero-order chi connectivity index (χ0) is 13.9. The van der Waals surface area contributed by atoms with Crippen molar-refractivity contribution in [3.8, 4) is 0 Å². The summed E-state index contributed by atoms with van der Waals surface area (Å²) in [6.07, 6.45) is 1.34. The van der Waals surface area contributed by atoms with Gasteiger partial charge in [0.15, 0.2) is 12.6 Å². The summed E-state index contributed by atoms with van der Waals surface area (Å²) in [5.74, 6) is -0.576. The molecule has 1 rings (SSSR count). The Morgan fingerprint density at radius 2 is 1.50 bits per heavy atom. The summed E-state index contributed by atoms with van der Waals surface area (Å²) in [5.41, 5.74) is 1.23. The number of hydrogen-bond acceptors (Lipinski definition) is 3. The molecule has 0 aliphatic heterocycles. The molecule has 1 N–H and O–H groups in total. The molecule has 1 aromatic carbocycles. The van der Waals surface area contributed by atoms with Gasteiger partial charge in [0.05, 0.1) is 5.69 Å². The van der Waals surface area contributed by atoms with Crippen molar-refractivity contribution in [2.45, 2.75) is 0 Å². The van der Waals surface area contributed by atoms with Crippen molar-refractivity contribution >= 4 is 104 Å². The molecule has 0 saturated heterocycles. The molecular formula is C10H5ClI3NO3. The highest BCUT2D eigenvalue weighted by Gasteiger charge is 2.20. The van der Waals surface area contributed by atoms with Crippen LogP contribution in [0, 0.1) is 10.7 Å². The topological polar surface area (TPSA) is 63.2 Å². The number of aldehydes is 2. The number of carbonyl (C=O) groups is 3. The molecule has 0 bridgehead atoms. The monoisotopic (exact) mass is 603 g/mol. The van der Waals surface area contributed by atoms with Crippen LogP contribution < -0.4 is 5.32 Å². The van der Waals surface area contributed by atoms with E-state index in [0.29, 0.717) is 40.1 Å². The van der Waals surface area contributed by atoms with E-state index in [1.165, 1.54) is 0 Å². The summed E-state index contributed by atoms with van der Waals surface area (Å²) in [6, 6.07) is 0. The number of carbonyl (C=O) groups excluding carboxylic acids is 3. The van der Waals surface area contributed by atoms with E-state index in [2.05, 4.69) is 5.32 Å². The molecule has 1 amide bonds. The number of alkyl halides is 1. The first-order chi connectivity index (χ1) is 8.47. The summed E-state index contributed by atoms with van der Waals surface area (Å²) in [5, 5.41) is 2.60. The Kier molecular flexibility index (Phi) is 6.75. The predicted molar refractivity (Wildman–Crippen MR) is 94.7 cm³/mol. The second kappa shape index (κ2) is 7.33. The molecule has 0 atom stereocenters. The third kappa shape index (κ3) is 3.33. The van der Waals surface area contributed by atoms with E-state index in [4.69, 9.17) is 11.6 Å². The number of rotatable bonds is 4. The first kappa shape index (κ1) is 16.6. The van der Waals surface area contributed by atoms with Crippen LogP contribution in [0.25, 0.3) is 0 Å². The molecule has 0 aliphatic rings. The van der Waals surface area contributed by atoms with Crippen molar-refractivity contribution in [3.63, 3.8) is 0 Å². The van der Waals surface area contributed by atoms with Gasteiger partial charge in [-0.25, -0.2) is 0 Å². The smallest absolute Gasteiger partial charge is 0.239 e. The molecule has 0 spiro atoms. The minimum Gasteiger partial charge on any atom is -0.323 e. The van der Waals surface area contributed by atoms with Gasteiger partial charge in [0.1, 0.15) is 5.88 Å². The quantitative estimate of drug-likeness (QED) is 0.327. The van der Waals surface area contributed by atoms with Crippen LogP contribution in [0.15, 0.2) is 0 Å². The number of hydrogen-bond donors (Lipinski definition) is 1. The van der Waals surface area contributed by atoms with Gasteiger partial charge in [0.25, 0.3) is 0 Å². The van der Waals surface area contributed by atoms with Gasteiger partial charge in [-0.3, -0.25) is 14.4 Å². The lowest BCUT2D eigenvalue weighted by atomic mass is 10.1. The Morgan fingerprint density at radius 3 is 1.83 bits per heavy atom.